The number of fused-ring (bicyclic) bond motifs is 13. The molecule has 4 unspecified atom stereocenters. The lowest BCUT2D eigenvalue weighted by Crippen LogP contribution is -2.60. The van der Waals surface area contributed by atoms with E-state index in [1.165, 1.54) is 115 Å². The van der Waals surface area contributed by atoms with Crippen LogP contribution in [0.1, 0.15) is 50.6 Å². The summed E-state index contributed by atoms with van der Waals surface area (Å²) in [5.41, 5.74) is 14.2. The van der Waals surface area contributed by atoms with Gasteiger partial charge in [0.1, 0.15) is 0 Å². The molecule has 4 heteroatoms. The van der Waals surface area contributed by atoms with Crippen LogP contribution in [-0.2, 0) is 0 Å². The molecule has 0 radical (unpaired) electrons. The van der Waals surface area contributed by atoms with Crippen molar-refractivity contribution in [1.29, 1.82) is 0 Å². The largest absolute Gasteiger partial charge is 0.310 e. The van der Waals surface area contributed by atoms with Crippen LogP contribution in [0.2, 0.25) is 0 Å². The minimum absolute atomic E-state index is 0.101. The number of hydrogen-bond donors (Lipinski definition) is 0. The summed E-state index contributed by atoms with van der Waals surface area (Å²) in [5, 5.41) is 6.57. The topological polar surface area (TPSA) is 21.1 Å². The first-order valence-electron chi connectivity index (χ1n) is 19.1. The van der Waals surface area contributed by atoms with Gasteiger partial charge in [0.05, 0.1) is 22.4 Å². The number of nitrogens with zero attached hydrogens (tertiary/aromatic N) is 3. The first-order chi connectivity index (χ1) is 25.3. The molecule has 12 rings (SSSR count). The summed E-state index contributed by atoms with van der Waals surface area (Å²) in [7, 11) is 0. The minimum Gasteiger partial charge on any atom is -0.310 e. The Morgan fingerprint density at radius 1 is 0.647 bits per heavy atom. The highest BCUT2D eigenvalue weighted by molar-refractivity contribution is 7.00. The molecule has 2 aromatic heterocycles. The van der Waals surface area contributed by atoms with Crippen LogP contribution in [0, 0.1) is 17.8 Å². The molecular formula is C47H38BN3. The Morgan fingerprint density at radius 2 is 1.39 bits per heavy atom. The Labute approximate surface area is 298 Å². The fraction of sp³-hybridized carbons (Fsp3) is 0.213. The molecule has 4 heterocycles. The van der Waals surface area contributed by atoms with Gasteiger partial charge in [-0.2, -0.15) is 0 Å². The molecule has 0 N–H and O–H groups in total. The van der Waals surface area contributed by atoms with Crippen LogP contribution in [0.5, 0.6) is 0 Å². The zero-order chi connectivity index (χ0) is 33.4. The standard InChI is InChI=1S/C47H38BN3/c1-2-28-23-29-25-30(24-28)36(26-29)44-34-17-7-6-15-32(34)37-27-42-43-47(45(37)49-44)50(31-13-4-3-5-14-31)41-22-11-9-19-38(41)48(43)39-20-12-18-35-33-16-8-10-21-40(33)51(42)46(35)39/h3-22,27-30,36H,2,23-26H2,1H3. The van der Waals surface area contributed by atoms with Crippen molar-refractivity contribution in [1.82, 2.24) is 9.55 Å². The average molecular weight is 656 g/mol. The van der Waals surface area contributed by atoms with Gasteiger partial charge in [-0.15, -0.1) is 0 Å². The molecule has 0 spiro atoms. The van der Waals surface area contributed by atoms with Crippen molar-refractivity contribution >= 4 is 83.6 Å². The van der Waals surface area contributed by atoms with E-state index in [1.54, 1.807) is 0 Å². The second-order valence-corrected chi connectivity index (χ2v) is 15.8. The van der Waals surface area contributed by atoms with E-state index in [-0.39, 0.29) is 6.71 Å². The molecule has 244 valence electrons. The maximum absolute atomic E-state index is 6.00. The third-order valence-corrected chi connectivity index (χ3v) is 13.3. The summed E-state index contributed by atoms with van der Waals surface area (Å²) in [6.45, 7) is 2.50. The second-order valence-electron chi connectivity index (χ2n) is 15.8. The van der Waals surface area contributed by atoms with Crippen molar-refractivity contribution in [3.05, 3.63) is 133 Å². The summed E-state index contributed by atoms with van der Waals surface area (Å²) >= 11 is 0. The molecule has 4 atom stereocenters. The maximum atomic E-state index is 6.00. The summed E-state index contributed by atoms with van der Waals surface area (Å²) < 4.78 is 2.58. The Kier molecular flexibility index (Phi) is 5.76. The normalized spacial score (nSPS) is 21.5. The van der Waals surface area contributed by atoms with E-state index in [9.17, 15) is 0 Å². The summed E-state index contributed by atoms with van der Waals surface area (Å²) in [4.78, 5) is 8.55. The first kappa shape index (κ1) is 28.4. The van der Waals surface area contributed by atoms with E-state index in [0.29, 0.717) is 5.92 Å². The highest BCUT2D eigenvalue weighted by Gasteiger charge is 2.45. The first-order valence-corrected chi connectivity index (χ1v) is 19.1. The average Bonchev–Trinajstić information content (AvgIpc) is 3.69. The maximum Gasteiger partial charge on any atom is 0.252 e. The van der Waals surface area contributed by atoms with Crippen molar-refractivity contribution in [3.63, 3.8) is 0 Å². The third kappa shape index (κ3) is 3.73. The van der Waals surface area contributed by atoms with Gasteiger partial charge >= 0.3 is 0 Å². The fourth-order valence-electron chi connectivity index (χ4n) is 11.3. The van der Waals surface area contributed by atoms with Gasteiger partial charge in [-0.05, 0) is 95.5 Å². The van der Waals surface area contributed by atoms with Gasteiger partial charge in [-0.1, -0.05) is 110 Å². The van der Waals surface area contributed by atoms with Gasteiger partial charge < -0.3 is 9.47 Å². The van der Waals surface area contributed by atoms with E-state index >= 15 is 0 Å². The molecule has 8 aromatic rings. The predicted octanol–water partition coefficient (Wildman–Crippen LogP) is 10.0. The van der Waals surface area contributed by atoms with Crippen LogP contribution in [0.25, 0.3) is 49.2 Å². The molecule has 2 aliphatic heterocycles. The van der Waals surface area contributed by atoms with Crippen LogP contribution < -0.4 is 21.3 Å². The van der Waals surface area contributed by atoms with Crippen molar-refractivity contribution in [3.8, 4) is 5.69 Å². The van der Waals surface area contributed by atoms with Gasteiger partial charge in [0, 0.05) is 50.0 Å². The quantitative estimate of drug-likeness (QED) is 0.140. The lowest BCUT2D eigenvalue weighted by Gasteiger charge is -2.41. The highest BCUT2D eigenvalue weighted by Crippen LogP contribution is 2.55. The molecule has 2 aliphatic carbocycles. The molecule has 0 saturated heterocycles. The smallest absolute Gasteiger partial charge is 0.252 e. The van der Waals surface area contributed by atoms with Gasteiger partial charge in [0.2, 0.25) is 0 Å². The molecule has 0 amide bonds. The summed E-state index contributed by atoms with van der Waals surface area (Å²) in [6, 6.07) is 47.9. The van der Waals surface area contributed by atoms with Crippen LogP contribution in [-0.4, -0.2) is 16.3 Å². The highest BCUT2D eigenvalue weighted by atomic mass is 15.2. The number of para-hydroxylation sites is 4. The molecule has 51 heavy (non-hydrogen) atoms. The monoisotopic (exact) mass is 655 g/mol. The predicted molar refractivity (Wildman–Crippen MR) is 215 cm³/mol. The Hall–Kier alpha value is -5.35. The van der Waals surface area contributed by atoms with Crippen LogP contribution in [0.4, 0.5) is 17.1 Å². The van der Waals surface area contributed by atoms with Gasteiger partial charge in [-0.25, -0.2) is 4.98 Å². The van der Waals surface area contributed by atoms with Crippen molar-refractivity contribution < 1.29 is 0 Å². The Bertz CT molecular complexity index is 2750. The lowest BCUT2D eigenvalue weighted by molar-refractivity contribution is 0.250. The van der Waals surface area contributed by atoms with E-state index in [1.807, 2.05) is 0 Å². The van der Waals surface area contributed by atoms with Crippen molar-refractivity contribution in [2.24, 2.45) is 17.8 Å². The number of pyridine rings is 1. The number of anilines is 3. The van der Waals surface area contributed by atoms with Gasteiger partial charge in [-0.3, -0.25) is 0 Å². The van der Waals surface area contributed by atoms with Crippen LogP contribution >= 0.6 is 0 Å². The van der Waals surface area contributed by atoms with Crippen LogP contribution in [0.15, 0.2) is 127 Å². The second kappa shape index (κ2) is 10.4. The molecule has 6 aromatic carbocycles. The van der Waals surface area contributed by atoms with Gasteiger partial charge in [0.15, 0.2) is 0 Å². The van der Waals surface area contributed by atoms with E-state index in [2.05, 4.69) is 144 Å². The third-order valence-electron chi connectivity index (χ3n) is 13.3. The van der Waals surface area contributed by atoms with E-state index in [4.69, 9.17) is 4.98 Å². The zero-order valence-electron chi connectivity index (χ0n) is 28.9. The Morgan fingerprint density at radius 3 is 2.27 bits per heavy atom. The molecule has 2 fully saturated rings. The van der Waals surface area contributed by atoms with Gasteiger partial charge in [0.25, 0.3) is 6.71 Å². The molecule has 2 bridgehead atoms. The Balaban J connectivity index is 1.26. The SMILES string of the molecule is CCC1CC2CC(C1)C(c1nc3c4c5c(cc3c3ccccc13)-n1c3ccccc3c3cccc(c31)B5c1ccccc1N4c1ccccc1)C2. The lowest BCUT2D eigenvalue weighted by atomic mass is 9.33. The van der Waals surface area contributed by atoms with Crippen molar-refractivity contribution in [2.75, 3.05) is 4.90 Å². The van der Waals surface area contributed by atoms with Crippen LogP contribution in [0.3, 0.4) is 0 Å². The summed E-state index contributed by atoms with van der Waals surface area (Å²) in [6.07, 6.45) is 6.69. The molecule has 2 saturated carbocycles. The number of benzene rings is 6. The van der Waals surface area contributed by atoms with E-state index in [0.717, 1.165) is 23.3 Å². The summed E-state index contributed by atoms with van der Waals surface area (Å²) in [5.74, 6) is 2.92. The fourth-order valence-corrected chi connectivity index (χ4v) is 11.3. The zero-order valence-corrected chi connectivity index (χ0v) is 28.9. The number of aromatic nitrogens is 2. The molecular weight excluding hydrogens is 617 g/mol. The number of hydrogen-bond acceptors (Lipinski definition) is 2. The number of rotatable bonds is 3. The minimum atomic E-state index is 0.101. The molecule has 4 aliphatic rings. The van der Waals surface area contributed by atoms with E-state index < -0.39 is 0 Å². The molecule has 3 nitrogen and oxygen atoms in total. The van der Waals surface area contributed by atoms with Crippen molar-refractivity contribution in [2.45, 2.75) is 44.9 Å².